The molecule has 3 aromatic rings. The molecular formula is C20H19ClF2N4O5S. The molecule has 1 saturated heterocycles. The molecule has 13 heteroatoms. The Balaban J connectivity index is 1.82. The summed E-state index contributed by atoms with van der Waals surface area (Å²) in [4.78, 5) is 17.0. The van der Waals surface area contributed by atoms with Crippen molar-refractivity contribution in [2.24, 2.45) is 5.14 Å². The van der Waals surface area contributed by atoms with Crippen molar-refractivity contribution in [2.45, 2.75) is 17.4 Å². The van der Waals surface area contributed by atoms with Crippen LogP contribution in [0.1, 0.15) is 5.69 Å². The number of rotatable bonds is 4. The molecule has 0 aliphatic carbocycles. The van der Waals surface area contributed by atoms with Gasteiger partial charge in [0.25, 0.3) is 0 Å². The molecule has 1 aliphatic rings. The van der Waals surface area contributed by atoms with Crippen molar-refractivity contribution in [3.63, 3.8) is 0 Å². The number of ether oxygens (including phenoxy) is 2. The van der Waals surface area contributed by atoms with Crippen LogP contribution in [0.4, 0.5) is 13.6 Å². The molecule has 1 aliphatic heterocycles. The van der Waals surface area contributed by atoms with Gasteiger partial charge in [0.1, 0.15) is 17.3 Å². The first-order valence-electron chi connectivity index (χ1n) is 9.71. The maximum absolute atomic E-state index is 15.0. The zero-order valence-electron chi connectivity index (χ0n) is 17.3. The Bertz CT molecular complexity index is 1320. The fourth-order valence-electron chi connectivity index (χ4n) is 3.76. The Morgan fingerprint density at radius 1 is 1.33 bits per heavy atom. The highest BCUT2D eigenvalue weighted by Crippen LogP contribution is 2.33. The van der Waals surface area contributed by atoms with Gasteiger partial charge >= 0.3 is 6.09 Å². The zero-order chi connectivity index (χ0) is 23.9. The molecule has 1 aromatic carbocycles. The van der Waals surface area contributed by atoms with E-state index in [-0.39, 0.29) is 25.3 Å². The highest BCUT2D eigenvalue weighted by atomic mass is 35.5. The van der Waals surface area contributed by atoms with Crippen LogP contribution < -0.4 is 5.14 Å². The van der Waals surface area contributed by atoms with Gasteiger partial charge in [-0.25, -0.2) is 32.1 Å². The number of hydrogen-bond acceptors (Lipinski definition) is 6. The first-order chi connectivity index (χ1) is 15.6. The second-order valence-electron chi connectivity index (χ2n) is 7.40. The quantitative estimate of drug-likeness (QED) is 0.588. The van der Waals surface area contributed by atoms with Gasteiger partial charge in [-0.3, -0.25) is 0 Å². The number of carbonyl (C=O) groups is 1. The average Bonchev–Trinajstić information content (AvgIpc) is 3.09. The van der Waals surface area contributed by atoms with Gasteiger partial charge in [0.2, 0.25) is 10.0 Å². The maximum Gasteiger partial charge on any atom is 0.409 e. The lowest BCUT2D eigenvalue weighted by atomic mass is 10.0. The lowest BCUT2D eigenvalue weighted by Gasteiger charge is -2.32. The lowest BCUT2D eigenvalue weighted by Crippen LogP contribution is -2.46. The predicted molar refractivity (Wildman–Crippen MR) is 114 cm³/mol. The number of carbonyl (C=O) groups excluding carboxylic acids is 1. The van der Waals surface area contributed by atoms with Crippen LogP contribution in [-0.2, 0) is 25.9 Å². The molecule has 176 valence electrons. The van der Waals surface area contributed by atoms with Crippen LogP contribution in [0.25, 0.3) is 16.9 Å². The largest absolute Gasteiger partial charge is 0.453 e. The van der Waals surface area contributed by atoms with E-state index in [0.717, 1.165) is 0 Å². The second-order valence-corrected chi connectivity index (χ2v) is 9.40. The van der Waals surface area contributed by atoms with Crippen LogP contribution in [0.2, 0.25) is 5.02 Å². The number of primary sulfonamides is 1. The van der Waals surface area contributed by atoms with E-state index in [9.17, 15) is 22.0 Å². The molecule has 1 fully saturated rings. The summed E-state index contributed by atoms with van der Waals surface area (Å²) >= 11 is 6.06. The smallest absolute Gasteiger partial charge is 0.409 e. The fourth-order valence-corrected chi connectivity index (χ4v) is 4.45. The first kappa shape index (κ1) is 23.4. The summed E-state index contributed by atoms with van der Waals surface area (Å²) in [5, 5.41) is 5.37. The Labute approximate surface area is 192 Å². The van der Waals surface area contributed by atoms with Crippen molar-refractivity contribution in [1.82, 2.24) is 14.3 Å². The Hall–Kier alpha value is -2.80. The minimum atomic E-state index is -4.32. The summed E-state index contributed by atoms with van der Waals surface area (Å²) in [6.07, 6.45) is 0.714. The molecule has 1 atom stereocenters. The third-order valence-electron chi connectivity index (χ3n) is 5.26. The van der Waals surface area contributed by atoms with Gasteiger partial charge in [-0.1, -0.05) is 11.6 Å². The standard InChI is InChI=1S/C20H19ClF2N4O5S/c1-31-20(28)26-4-5-32-12(10-26)7-16-19(25-17-6-11(21)2-3-27(16)17)18-14(22)8-13(9-15(18)23)33(24,29)30/h2-3,6,8-9,12H,4-5,7,10H2,1H3,(H2,24,29,30)/t12-/m0/s1. The SMILES string of the molecule is COC(=O)N1CCO[C@@H](Cc2c(-c3c(F)cc(S(N)(=O)=O)cc3F)nc3cc(Cl)ccn23)C1. The Morgan fingerprint density at radius 3 is 2.67 bits per heavy atom. The van der Waals surface area contributed by atoms with Crippen molar-refractivity contribution >= 4 is 33.4 Å². The van der Waals surface area contributed by atoms with Crippen molar-refractivity contribution < 1.29 is 31.5 Å². The van der Waals surface area contributed by atoms with E-state index >= 15 is 0 Å². The number of hydrogen-bond donors (Lipinski definition) is 1. The molecular weight excluding hydrogens is 482 g/mol. The molecule has 0 radical (unpaired) electrons. The first-order valence-corrected chi connectivity index (χ1v) is 11.6. The topological polar surface area (TPSA) is 116 Å². The van der Waals surface area contributed by atoms with Crippen LogP contribution in [0.15, 0.2) is 35.4 Å². The fraction of sp³-hybridized carbons (Fsp3) is 0.300. The van der Waals surface area contributed by atoms with Gasteiger partial charge < -0.3 is 18.8 Å². The van der Waals surface area contributed by atoms with E-state index in [1.54, 1.807) is 16.7 Å². The van der Waals surface area contributed by atoms with Crippen LogP contribution in [-0.4, -0.2) is 61.7 Å². The minimum absolute atomic E-state index is 0.0490. The molecule has 0 spiro atoms. The molecule has 33 heavy (non-hydrogen) atoms. The molecule has 0 bridgehead atoms. The minimum Gasteiger partial charge on any atom is -0.453 e. The molecule has 0 saturated carbocycles. The van der Waals surface area contributed by atoms with E-state index in [4.69, 9.17) is 26.2 Å². The van der Waals surface area contributed by atoms with E-state index < -0.39 is 44.3 Å². The molecule has 2 aromatic heterocycles. The number of halogens is 3. The van der Waals surface area contributed by atoms with Gasteiger partial charge in [0.15, 0.2) is 0 Å². The van der Waals surface area contributed by atoms with E-state index in [1.165, 1.54) is 18.1 Å². The summed E-state index contributed by atoms with van der Waals surface area (Å²) in [5.41, 5.74) is 0.145. The molecule has 4 rings (SSSR count). The molecule has 3 heterocycles. The summed E-state index contributed by atoms with van der Waals surface area (Å²) in [6, 6.07) is 4.39. The average molecular weight is 501 g/mol. The summed E-state index contributed by atoms with van der Waals surface area (Å²) in [7, 11) is -3.05. The Kier molecular flexibility index (Phi) is 6.27. The number of aromatic nitrogens is 2. The molecule has 9 nitrogen and oxygen atoms in total. The molecule has 0 unspecified atom stereocenters. The third-order valence-corrected chi connectivity index (χ3v) is 6.39. The van der Waals surface area contributed by atoms with Gasteiger partial charge in [0.05, 0.1) is 48.2 Å². The van der Waals surface area contributed by atoms with Crippen LogP contribution in [0.5, 0.6) is 0 Å². The number of pyridine rings is 1. The summed E-state index contributed by atoms with van der Waals surface area (Å²) < 4.78 is 65.2. The van der Waals surface area contributed by atoms with Crippen molar-refractivity contribution in [3.8, 4) is 11.3 Å². The number of nitrogens with zero attached hydrogens (tertiary/aromatic N) is 3. The van der Waals surface area contributed by atoms with Crippen LogP contribution in [0.3, 0.4) is 0 Å². The normalized spacial score (nSPS) is 16.9. The summed E-state index contributed by atoms with van der Waals surface area (Å²) in [5.74, 6) is -2.29. The lowest BCUT2D eigenvalue weighted by molar-refractivity contribution is -0.0241. The maximum atomic E-state index is 15.0. The number of amides is 1. The third kappa shape index (κ3) is 4.64. The predicted octanol–water partition coefficient (Wildman–Crippen LogP) is 2.59. The van der Waals surface area contributed by atoms with Crippen molar-refractivity contribution in [3.05, 3.63) is 52.8 Å². The summed E-state index contributed by atoms with van der Waals surface area (Å²) in [6.45, 7) is 0.794. The highest BCUT2D eigenvalue weighted by Gasteiger charge is 2.29. The zero-order valence-corrected chi connectivity index (χ0v) is 18.9. The van der Waals surface area contributed by atoms with Crippen LogP contribution in [0, 0.1) is 11.6 Å². The highest BCUT2D eigenvalue weighted by molar-refractivity contribution is 7.89. The van der Waals surface area contributed by atoms with Gasteiger partial charge in [-0.05, 0) is 18.2 Å². The van der Waals surface area contributed by atoms with Crippen molar-refractivity contribution in [1.29, 1.82) is 0 Å². The monoisotopic (exact) mass is 500 g/mol. The Morgan fingerprint density at radius 2 is 2.03 bits per heavy atom. The number of methoxy groups -OCH3 is 1. The van der Waals surface area contributed by atoms with Gasteiger partial charge in [-0.15, -0.1) is 0 Å². The number of morpholine rings is 1. The van der Waals surface area contributed by atoms with Gasteiger partial charge in [0, 0.05) is 30.3 Å². The van der Waals surface area contributed by atoms with Crippen LogP contribution >= 0.6 is 11.6 Å². The number of imidazole rings is 1. The molecule has 2 N–H and O–H groups in total. The van der Waals surface area contributed by atoms with Crippen molar-refractivity contribution in [2.75, 3.05) is 26.8 Å². The van der Waals surface area contributed by atoms with Gasteiger partial charge in [-0.2, -0.15) is 0 Å². The van der Waals surface area contributed by atoms with E-state index in [2.05, 4.69) is 4.98 Å². The second kappa shape index (κ2) is 8.86. The number of nitrogens with two attached hydrogens (primary N) is 1. The van der Waals surface area contributed by atoms with E-state index in [1.807, 2.05) is 0 Å². The number of benzene rings is 1. The number of fused-ring (bicyclic) bond motifs is 1. The number of sulfonamides is 1. The molecule has 1 amide bonds. The van der Waals surface area contributed by atoms with E-state index in [0.29, 0.717) is 35.0 Å².